The van der Waals surface area contributed by atoms with Gasteiger partial charge in [-0.15, -0.1) is 0 Å². The highest BCUT2D eigenvalue weighted by Crippen LogP contribution is 2.41. The normalized spacial score (nSPS) is 13.2. The van der Waals surface area contributed by atoms with Crippen LogP contribution in [-0.4, -0.2) is 225 Å². The molecule has 0 bridgehead atoms. The zero-order valence-electron chi connectivity index (χ0n) is 47.3. The maximum Gasteiger partial charge on any atom is 0.328 e. The van der Waals surface area contributed by atoms with Crippen LogP contribution in [-0.2, 0) is 92.0 Å². The lowest BCUT2D eigenvalue weighted by Gasteiger charge is -2.30. The van der Waals surface area contributed by atoms with Gasteiger partial charge in [-0.1, -0.05) is 54.2 Å². The van der Waals surface area contributed by atoms with E-state index in [4.69, 9.17) is 89.9 Å². The Balaban J connectivity index is 1.03. The van der Waals surface area contributed by atoms with Gasteiger partial charge in [0.05, 0.1) is 193 Å². The van der Waals surface area contributed by atoms with E-state index in [9.17, 15) is 28.8 Å². The molecule has 82 heavy (non-hydrogen) atoms. The first-order valence-corrected chi connectivity index (χ1v) is 28.6. The van der Waals surface area contributed by atoms with Gasteiger partial charge >= 0.3 is 11.9 Å². The lowest BCUT2D eigenvalue weighted by Crippen LogP contribution is -2.50. The molecule has 1 atom stereocenters. The highest BCUT2D eigenvalue weighted by atomic mass is 35.5. The van der Waals surface area contributed by atoms with Gasteiger partial charge in [-0.3, -0.25) is 24.0 Å². The molecule has 4 amide bonds. The SMILES string of the molecule is COC(=O)[C@H](Cc1ccc(NC(=O)c2c(Cl)cccc2Cl)cc1)NC(=O)C1(CCNC(=O)CCOCCOCCOCCOCCOCCOCCOCCOCCOCCOCCOCCOCCNC(=O)CCC(=O)O)CCCC1. The molecule has 1 aliphatic carbocycles. The molecule has 1 aliphatic rings. The van der Waals surface area contributed by atoms with Crippen molar-refractivity contribution >= 4 is 64.5 Å². The third-order valence-corrected chi connectivity index (χ3v) is 12.9. The molecule has 0 aliphatic heterocycles. The van der Waals surface area contributed by atoms with Gasteiger partial charge in [-0.2, -0.15) is 0 Å². The number of hydrogen-bond acceptors (Lipinski definition) is 19. The van der Waals surface area contributed by atoms with Crippen molar-refractivity contribution < 1.29 is 95.5 Å². The fraction of sp³-hybridized carbons (Fsp3) is 0.679. The van der Waals surface area contributed by atoms with Crippen molar-refractivity contribution in [2.45, 2.75) is 63.8 Å². The molecule has 0 heterocycles. The second-order valence-electron chi connectivity index (χ2n) is 18.4. The van der Waals surface area contributed by atoms with Crippen LogP contribution in [0.15, 0.2) is 42.5 Å². The van der Waals surface area contributed by atoms with Crippen LogP contribution in [0.5, 0.6) is 0 Å². The number of aliphatic carboxylic acids is 1. The summed E-state index contributed by atoms with van der Waals surface area (Å²) in [6.07, 6.45) is 3.48. The van der Waals surface area contributed by atoms with Gasteiger partial charge in [-0.25, -0.2) is 4.79 Å². The van der Waals surface area contributed by atoms with E-state index in [1.807, 2.05) is 0 Å². The van der Waals surface area contributed by atoms with Crippen molar-refractivity contribution in [3.8, 4) is 0 Å². The van der Waals surface area contributed by atoms with Crippen molar-refractivity contribution in [1.82, 2.24) is 16.0 Å². The highest BCUT2D eigenvalue weighted by Gasteiger charge is 2.42. The number of esters is 1. The van der Waals surface area contributed by atoms with Crippen molar-refractivity contribution in [2.24, 2.45) is 5.41 Å². The minimum absolute atomic E-state index is 0.0487. The number of ether oxygens (including phenoxy) is 13. The maximum absolute atomic E-state index is 13.8. The third kappa shape index (κ3) is 34.2. The molecule has 1 fully saturated rings. The summed E-state index contributed by atoms with van der Waals surface area (Å²) < 4.78 is 70.9. The first-order valence-electron chi connectivity index (χ1n) is 27.8. The Kier molecular flexibility index (Phi) is 40.8. The number of methoxy groups -OCH3 is 1. The maximum atomic E-state index is 13.8. The summed E-state index contributed by atoms with van der Waals surface area (Å²) in [5, 5.41) is 20.2. The number of halogens is 2. The van der Waals surface area contributed by atoms with Crippen molar-refractivity contribution in [1.29, 1.82) is 0 Å². The molecule has 1 saturated carbocycles. The molecule has 0 unspecified atom stereocenters. The summed E-state index contributed by atoms with van der Waals surface area (Å²) in [4.78, 5) is 73.9. The minimum atomic E-state index is -1.01. The van der Waals surface area contributed by atoms with Crippen LogP contribution < -0.4 is 21.3 Å². The van der Waals surface area contributed by atoms with Crippen LogP contribution in [0, 0.1) is 5.41 Å². The van der Waals surface area contributed by atoms with Crippen LogP contribution in [0.25, 0.3) is 0 Å². The van der Waals surface area contributed by atoms with Gasteiger partial charge in [0.2, 0.25) is 17.7 Å². The summed E-state index contributed by atoms with van der Waals surface area (Å²) >= 11 is 12.4. The fourth-order valence-corrected chi connectivity index (χ4v) is 8.51. The second-order valence-corrected chi connectivity index (χ2v) is 19.2. The van der Waals surface area contributed by atoms with Crippen molar-refractivity contribution in [3.63, 3.8) is 0 Å². The molecule has 3 rings (SSSR count). The first kappa shape index (κ1) is 71.6. The van der Waals surface area contributed by atoms with Crippen LogP contribution >= 0.6 is 23.2 Å². The zero-order chi connectivity index (χ0) is 59.1. The molecular weight excluding hydrogens is 1120 g/mol. The molecule has 26 heteroatoms. The van der Waals surface area contributed by atoms with E-state index in [2.05, 4.69) is 21.3 Å². The number of carboxylic acids is 1. The Hall–Kier alpha value is -4.64. The van der Waals surface area contributed by atoms with E-state index in [-0.39, 0.29) is 65.6 Å². The number of carboxylic acid groups (broad SMARTS) is 1. The van der Waals surface area contributed by atoms with Gasteiger partial charge in [0, 0.05) is 38.0 Å². The van der Waals surface area contributed by atoms with E-state index in [0.717, 1.165) is 18.4 Å². The summed E-state index contributed by atoms with van der Waals surface area (Å²) in [7, 11) is 1.27. The molecule has 0 spiro atoms. The third-order valence-electron chi connectivity index (χ3n) is 12.3. The smallest absolute Gasteiger partial charge is 0.328 e. The fourth-order valence-electron chi connectivity index (χ4n) is 7.94. The van der Waals surface area contributed by atoms with Crippen LogP contribution in [0.2, 0.25) is 10.0 Å². The van der Waals surface area contributed by atoms with Crippen molar-refractivity contribution in [2.75, 3.05) is 184 Å². The van der Waals surface area contributed by atoms with Crippen LogP contribution in [0.3, 0.4) is 0 Å². The van der Waals surface area contributed by atoms with Crippen molar-refractivity contribution in [3.05, 3.63) is 63.6 Å². The predicted molar refractivity (Wildman–Crippen MR) is 301 cm³/mol. The molecular formula is C56H86Cl2N4O20. The number of hydrogen-bond donors (Lipinski definition) is 5. The molecule has 2 aromatic carbocycles. The Morgan fingerprint density at radius 2 is 0.902 bits per heavy atom. The van der Waals surface area contributed by atoms with Gasteiger partial charge in [0.1, 0.15) is 6.04 Å². The van der Waals surface area contributed by atoms with E-state index >= 15 is 0 Å². The van der Waals surface area contributed by atoms with Gasteiger partial charge in [0.15, 0.2) is 0 Å². The van der Waals surface area contributed by atoms with E-state index < -0.39 is 29.3 Å². The molecule has 2 aromatic rings. The molecule has 0 radical (unpaired) electrons. The topological polar surface area (TPSA) is 291 Å². The monoisotopic (exact) mass is 1200 g/mol. The number of anilines is 1. The largest absolute Gasteiger partial charge is 0.481 e. The van der Waals surface area contributed by atoms with E-state index in [1.54, 1.807) is 42.5 Å². The van der Waals surface area contributed by atoms with Gasteiger partial charge in [0.25, 0.3) is 5.91 Å². The Morgan fingerprint density at radius 3 is 1.32 bits per heavy atom. The summed E-state index contributed by atoms with van der Waals surface area (Å²) in [5.41, 5.74) is 0.652. The lowest BCUT2D eigenvalue weighted by atomic mass is 9.81. The standard InChI is InChI=1S/C56H86Cl2N4O20/c1-70-54(68)48(43-44-7-9-45(10-8-44)61-53(67)52-46(57)5-4-6-47(52)58)62-55(69)56(14-2-3-15-56)16-17-59-50(64)13-19-71-21-23-73-25-27-75-29-31-77-33-35-79-37-39-81-41-42-82-40-38-80-36-34-78-32-30-76-28-26-74-24-22-72-20-18-60-49(63)11-12-51(65)66/h4-10,48H,2-3,11-43H2,1H3,(H,59,64)(H,60,63)(H,61,67)(H,62,69)(H,65,66)/t48-/m0/s1. The second kappa shape index (κ2) is 46.7. The number of nitrogens with one attached hydrogen (secondary N) is 4. The Labute approximate surface area is 491 Å². The number of rotatable bonds is 52. The average molecular weight is 1210 g/mol. The van der Waals surface area contributed by atoms with Crippen LogP contribution in [0.1, 0.15) is 67.3 Å². The molecule has 0 aromatic heterocycles. The molecule has 464 valence electrons. The molecule has 0 saturated heterocycles. The van der Waals surface area contributed by atoms with Gasteiger partial charge in [-0.05, 0) is 49.1 Å². The highest BCUT2D eigenvalue weighted by molar-refractivity contribution is 6.40. The number of carbonyl (C=O) groups excluding carboxylic acids is 5. The van der Waals surface area contributed by atoms with E-state index in [0.29, 0.717) is 190 Å². The average Bonchev–Trinajstić information content (AvgIpc) is 4.03. The van der Waals surface area contributed by atoms with Gasteiger partial charge < -0.3 is 88.0 Å². The quantitative estimate of drug-likeness (QED) is 0.0461. The van der Waals surface area contributed by atoms with E-state index in [1.165, 1.54) is 7.11 Å². The van der Waals surface area contributed by atoms with Crippen LogP contribution in [0.4, 0.5) is 5.69 Å². The Bertz CT molecular complexity index is 2050. The summed E-state index contributed by atoms with van der Waals surface area (Å²) in [5.74, 6) is -2.81. The summed E-state index contributed by atoms with van der Waals surface area (Å²) in [6, 6.07) is 10.7. The predicted octanol–water partition coefficient (Wildman–Crippen LogP) is 4.08. The number of amides is 4. The minimum Gasteiger partial charge on any atom is -0.481 e. The zero-order valence-corrected chi connectivity index (χ0v) is 48.8. The first-order chi connectivity index (χ1) is 39.9. The molecule has 24 nitrogen and oxygen atoms in total. The summed E-state index contributed by atoms with van der Waals surface area (Å²) in [6.45, 7) is 10.4. The number of benzene rings is 2. The Morgan fingerprint density at radius 1 is 0.512 bits per heavy atom. The molecule has 5 N–H and O–H groups in total. The lowest BCUT2D eigenvalue weighted by molar-refractivity contribution is -0.146. The number of carbonyl (C=O) groups is 6.